The number of aromatic nitrogens is 1. The molecule has 1 aromatic heterocycles. The number of hydrogen-bond donors (Lipinski definition) is 1. The molecule has 0 aliphatic heterocycles. The average Bonchev–Trinajstić information content (AvgIpc) is 2.29. The zero-order chi connectivity index (χ0) is 10.5. The van der Waals surface area contributed by atoms with Gasteiger partial charge in [-0.25, -0.2) is 0 Å². The maximum Gasteiger partial charge on any atom is 0.128 e. The number of benzene rings is 1. The summed E-state index contributed by atoms with van der Waals surface area (Å²) in [6, 6.07) is 15.6. The van der Waals surface area contributed by atoms with E-state index in [4.69, 9.17) is 5.41 Å². The summed E-state index contributed by atoms with van der Waals surface area (Å²) in [5.74, 6) is 0. The van der Waals surface area contributed by atoms with Crippen molar-refractivity contribution in [1.82, 2.24) is 4.57 Å². The molecule has 0 saturated carbocycles. The molecule has 1 N–H and O–H groups in total. The van der Waals surface area contributed by atoms with Gasteiger partial charge < -0.3 is 4.57 Å². The van der Waals surface area contributed by atoms with E-state index in [-0.39, 0.29) is 0 Å². The first-order valence-electron chi connectivity index (χ1n) is 4.81. The minimum Gasteiger partial charge on any atom is -0.309 e. The molecule has 2 heteroatoms. The molecule has 74 valence electrons. The second-order valence-electron chi connectivity index (χ2n) is 3.22. The summed E-state index contributed by atoms with van der Waals surface area (Å²) >= 11 is 0. The number of nitrogens with one attached hydrogen (secondary N) is 1. The molecule has 0 radical (unpaired) electrons. The first-order valence-corrected chi connectivity index (χ1v) is 4.81. The lowest BCUT2D eigenvalue weighted by atomic mass is 10.2. The molecule has 1 aromatic carbocycles. The van der Waals surface area contributed by atoms with Crippen LogP contribution in [0.4, 0.5) is 0 Å². The minimum atomic E-state index is 0.477. The van der Waals surface area contributed by atoms with Gasteiger partial charge in [0, 0.05) is 12.4 Å². The van der Waals surface area contributed by atoms with E-state index in [2.05, 4.69) is 0 Å². The van der Waals surface area contributed by atoms with E-state index in [9.17, 15) is 0 Å². The maximum absolute atomic E-state index is 7.65. The lowest BCUT2D eigenvalue weighted by molar-refractivity contribution is 0.977. The quantitative estimate of drug-likeness (QED) is 0.765. The summed E-state index contributed by atoms with van der Waals surface area (Å²) < 4.78 is 1.77. The van der Waals surface area contributed by atoms with Crippen molar-refractivity contribution in [2.45, 2.75) is 0 Å². The van der Waals surface area contributed by atoms with Crippen LogP contribution >= 0.6 is 0 Å². The van der Waals surface area contributed by atoms with Crippen LogP contribution in [0.3, 0.4) is 0 Å². The molecule has 0 aliphatic carbocycles. The van der Waals surface area contributed by atoms with Crippen molar-refractivity contribution in [2.24, 2.45) is 0 Å². The van der Waals surface area contributed by atoms with E-state index in [1.54, 1.807) is 10.6 Å². The molecular weight excluding hydrogens is 184 g/mol. The number of rotatable bonds is 2. The summed E-state index contributed by atoms with van der Waals surface area (Å²) in [5, 5.41) is 7.65. The van der Waals surface area contributed by atoms with Crippen LogP contribution in [-0.4, -0.2) is 4.57 Å². The summed E-state index contributed by atoms with van der Waals surface area (Å²) in [5.41, 5.74) is 1.61. The van der Waals surface area contributed by atoms with E-state index in [0.717, 1.165) is 5.56 Å². The molecule has 2 rings (SSSR count). The molecule has 0 amide bonds. The van der Waals surface area contributed by atoms with E-state index < -0.39 is 0 Å². The normalized spacial score (nSPS) is 10.7. The van der Waals surface area contributed by atoms with E-state index in [1.807, 2.05) is 60.9 Å². The van der Waals surface area contributed by atoms with Crippen LogP contribution in [0.1, 0.15) is 5.56 Å². The molecule has 0 saturated heterocycles. The van der Waals surface area contributed by atoms with Crippen LogP contribution in [0.25, 0.3) is 12.3 Å². The molecule has 0 aliphatic rings. The number of hydrogen-bond acceptors (Lipinski definition) is 1. The fraction of sp³-hybridized carbons (Fsp3) is 0. The highest BCUT2D eigenvalue weighted by molar-refractivity contribution is 5.60. The van der Waals surface area contributed by atoms with Crippen molar-refractivity contribution in [3.8, 4) is 0 Å². The number of nitrogens with zero attached hydrogens (tertiary/aromatic N) is 1. The van der Waals surface area contributed by atoms with Crippen LogP contribution < -0.4 is 5.49 Å². The van der Waals surface area contributed by atoms with Gasteiger partial charge >= 0.3 is 0 Å². The van der Waals surface area contributed by atoms with Crippen LogP contribution in [0.15, 0.2) is 54.7 Å². The third-order valence-electron chi connectivity index (χ3n) is 2.12. The van der Waals surface area contributed by atoms with Gasteiger partial charge in [0.1, 0.15) is 5.49 Å². The van der Waals surface area contributed by atoms with Gasteiger partial charge in [-0.3, -0.25) is 5.41 Å². The van der Waals surface area contributed by atoms with Crippen molar-refractivity contribution in [3.05, 3.63) is 65.8 Å². The predicted octanol–water partition coefficient (Wildman–Crippen LogP) is 2.60. The number of pyridine rings is 1. The van der Waals surface area contributed by atoms with Gasteiger partial charge in [0.15, 0.2) is 0 Å². The van der Waals surface area contributed by atoms with Crippen molar-refractivity contribution < 1.29 is 0 Å². The fourth-order valence-electron chi connectivity index (χ4n) is 1.32. The molecule has 15 heavy (non-hydrogen) atoms. The van der Waals surface area contributed by atoms with Gasteiger partial charge in [-0.1, -0.05) is 36.4 Å². The second-order valence-corrected chi connectivity index (χ2v) is 3.22. The Morgan fingerprint density at radius 3 is 2.40 bits per heavy atom. The Labute approximate surface area is 88.6 Å². The molecule has 0 atom stereocenters. The third-order valence-corrected chi connectivity index (χ3v) is 2.12. The second kappa shape index (κ2) is 4.42. The molecule has 1 heterocycles. The van der Waals surface area contributed by atoms with Gasteiger partial charge in [0.2, 0.25) is 0 Å². The first-order chi connectivity index (χ1) is 7.36. The van der Waals surface area contributed by atoms with Crippen molar-refractivity contribution in [2.75, 3.05) is 0 Å². The smallest absolute Gasteiger partial charge is 0.128 e. The molecule has 2 aromatic rings. The Morgan fingerprint density at radius 1 is 0.933 bits per heavy atom. The maximum atomic E-state index is 7.65. The minimum absolute atomic E-state index is 0.477. The van der Waals surface area contributed by atoms with E-state index in [0.29, 0.717) is 5.49 Å². The van der Waals surface area contributed by atoms with Gasteiger partial charge in [0.25, 0.3) is 0 Å². The lowest BCUT2D eigenvalue weighted by Gasteiger charge is -1.98. The van der Waals surface area contributed by atoms with Gasteiger partial charge in [-0.15, -0.1) is 0 Å². The highest BCUT2D eigenvalue weighted by Gasteiger charge is 1.85. The van der Waals surface area contributed by atoms with Crippen LogP contribution in [0.5, 0.6) is 0 Å². The zero-order valence-corrected chi connectivity index (χ0v) is 8.30. The topological polar surface area (TPSA) is 28.8 Å². The van der Waals surface area contributed by atoms with Crippen molar-refractivity contribution >= 4 is 12.3 Å². The third kappa shape index (κ3) is 2.44. The SMILES string of the molecule is N=c1ccccn1C=Cc1ccccc1. The van der Waals surface area contributed by atoms with E-state index >= 15 is 0 Å². The highest BCUT2D eigenvalue weighted by atomic mass is 14.9. The molecule has 0 bridgehead atoms. The lowest BCUT2D eigenvalue weighted by Crippen LogP contribution is -2.12. The Bertz CT molecular complexity index is 509. The summed E-state index contributed by atoms with van der Waals surface area (Å²) in [4.78, 5) is 0. The van der Waals surface area contributed by atoms with Crippen LogP contribution in [0, 0.1) is 5.41 Å². The molecular formula is C13H12N2. The molecule has 0 unspecified atom stereocenters. The Hall–Kier alpha value is -2.09. The predicted molar refractivity (Wildman–Crippen MR) is 62.0 cm³/mol. The van der Waals surface area contributed by atoms with Crippen LogP contribution in [-0.2, 0) is 0 Å². The largest absolute Gasteiger partial charge is 0.309 e. The highest BCUT2D eigenvalue weighted by Crippen LogP contribution is 2.01. The van der Waals surface area contributed by atoms with E-state index in [1.165, 1.54) is 0 Å². The van der Waals surface area contributed by atoms with Crippen LogP contribution in [0.2, 0.25) is 0 Å². The molecule has 0 spiro atoms. The Morgan fingerprint density at radius 2 is 1.67 bits per heavy atom. The first kappa shape index (κ1) is 9.46. The Kier molecular flexibility index (Phi) is 2.79. The fourth-order valence-corrected chi connectivity index (χ4v) is 1.32. The van der Waals surface area contributed by atoms with Gasteiger partial charge in [-0.2, -0.15) is 0 Å². The molecule has 2 nitrogen and oxygen atoms in total. The Balaban J connectivity index is 2.27. The molecule has 0 fully saturated rings. The van der Waals surface area contributed by atoms with Gasteiger partial charge in [-0.05, 0) is 23.8 Å². The zero-order valence-electron chi connectivity index (χ0n) is 8.30. The summed E-state index contributed by atoms with van der Waals surface area (Å²) in [7, 11) is 0. The monoisotopic (exact) mass is 196 g/mol. The summed E-state index contributed by atoms with van der Waals surface area (Å²) in [6.45, 7) is 0. The summed E-state index contributed by atoms with van der Waals surface area (Å²) in [6.07, 6.45) is 5.73. The van der Waals surface area contributed by atoms with Crippen molar-refractivity contribution in [3.63, 3.8) is 0 Å². The van der Waals surface area contributed by atoms with Crippen molar-refractivity contribution in [1.29, 1.82) is 5.41 Å². The standard InChI is InChI=1S/C13H12N2/c14-13-8-4-5-10-15(13)11-9-12-6-2-1-3-7-12/h1-11,14H. The van der Waals surface area contributed by atoms with Gasteiger partial charge in [0.05, 0.1) is 0 Å². The average molecular weight is 196 g/mol.